The van der Waals surface area contributed by atoms with Gasteiger partial charge in [0, 0.05) is 24.7 Å². The van der Waals surface area contributed by atoms with Gasteiger partial charge in [0.1, 0.15) is 5.82 Å². The lowest BCUT2D eigenvalue weighted by Crippen LogP contribution is -2.36. The Hall–Kier alpha value is -1.10. The standard InChI is InChI=1S/C15H22ClN3O/c1-10(2)19(8-11(3)20)9-15-17-13-7-12(16)5-6-14(13)18(15)4/h5-7,10-11,20H,8-9H2,1-4H3. The van der Waals surface area contributed by atoms with Crippen LogP contribution in [-0.2, 0) is 13.6 Å². The molecule has 110 valence electrons. The number of aliphatic hydroxyl groups excluding tert-OH is 1. The van der Waals surface area contributed by atoms with E-state index in [9.17, 15) is 5.11 Å². The van der Waals surface area contributed by atoms with Gasteiger partial charge in [-0.3, -0.25) is 4.90 Å². The molecule has 5 heteroatoms. The zero-order valence-electron chi connectivity index (χ0n) is 12.5. The van der Waals surface area contributed by atoms with Crippen LogP contribution in [-0.4, -0.2) is 38.2 Å². The Morgan fingerprint density at radius 3 is 2.65 bits per heavy atom. The number of benzene rings is 1. The van der Waals surface area contributed by atoms with Gasteiger partial charge in [-0.05, 0) is 39.0 Å². The first-order valence-electron chi connectivity index (χ1n) is 6.91. The van der Waals surface area contributed by atoms with E-state index in [2.05, 4.69) is 28.3 Å². The number of imidazole rings is 1. The molecule has 0 aliphatic carbocycles. The van der Waals surface area contributed by atoms with Crippen LogP contribution in [0.4, 0.5) is 0 Å². The van der Waals surface area contributed by atoms with Gasteiger partial charge in [0.05, 0.1) is 23.7 Å². The highest BCUT2D eigenvalue weighted by molar-refractivity contribution is 6.31. The van der Waals surface area contributed by atoms with Crippen LogP contribution in [0.5, 0.6) is 0 Å². The summed E-state index contributed by atoms with van der Waals surface area (Å²) in [5.41, 5.74) is 1.99. The van der Waals surface area contributed by atoms with E-state index in [-0.39, 0.29) is 6.10 Å². The van der Waals surface area contributed by atoms with E-state index in [0.29, 0.717) is 24.2 Å². The normalized spacial score (nSPS) is 13.6. The third kappa shape index (κ3) is 3.32. The number of nitrogens with zero attached hydrogens (tertiary/aromatic N) is 3. The molecule has 1 heterocycles. The molecular formula is C15H22ClN3O. The monoisotopic (exact) mass is 295 g/mol. The molecule has 2 rings (SSSR count). The fraction of sp³-hybridized carbons (Fsp3) is 0.533. The van der Waals surface area contributed by atoms with Crippen LogP contribution in [0.1, 0.15) is 26.6 Å². The molecule has 0 fully saturated rings. The van der Waals surface area contributed by atoms with Crippen molar-refractivity contribution in [2.45, 2.75) is 39.5 Å². The van der Waals surface area contributed by atoms with Crippen LogP contribution in [0, 0.1) is 0 Å². The van der Waals surface area contributed by atoms with Crippen LogP contribution >= 0.6 is 11.6 Å². The van der Waals surface area contributed by atoms with Crippen LogP contribution in [0.2, 0.25) is 5.02 Å². The second-order valence-corrected chi connectivity index (χ2v) is 6.03. The maximum absolute atomic E-state index is 9.61. The van der Waals surface area contributed by atoms with Gasteiger partial charge in [0.15, 0.2) is 0 Å². The molecule has 0 radical (unpaired) electrons. The quantitative estimate of drug-likeness (QED) is 0.922. The lowest BCUT2D eigenvalue weighted by molar-refractivity contribution is 0.100. The highest BCUT2D eigenvalue weighted by Crippen LogP contribution is 2.20. The maximum Gasteiger partial charge on any atom is 0.123 e. The van der Waals surface area contributed by atoms with Crippen LogP contribution in [0.15, 0.2) is 18.2 Å². The number of halogens is 1. The molecule has 0 amide bonds. The van der Waals surface area contributed by atoms with E-state index < -0.39 is 0 Å². The van der Waals surface area contributed by atoms with Gasteiger partial charge in [-0.15, -0.1) is 0 Å². The maximum atomic E-state index is 9.61. The van der Waals surface area contributed by atoms with Gasteiger partial charge in [-0.1, -0.05) is 11.6 Å². The summed E-state index contributed by atoms with van der Waals surface area (Å²) >= 11 is 6.01. The molecule has 0 saturated heterocycles. The number of aryl methyl sites for hydroxylation is 1. The van der Waals surface area contributed by atoms with Crippen LogP contribution < -0.4 is 0 Å². The number of hydrogen-bond acceptors (Lipinski definition) is 3. The predicted octanol–water partition coefficient (Wildman–Crippen LogP) is 2.82. The Bertz CT molecular complexity index is 592. The highest BCUT2D eigenvalue weighted by atomic mass is 35.5. The number of rotatable bonds is 5. The van der Waals surface area contributed by atoms with Crippen molar-refractivity contribution in [3.8, 4) is 0 Å². The molecule has 0 saturated carbocycles. The van der Waals surface area contributed by atoms with Gasteiger partial charge in [0.2, 0.25) is 0 Å². The summed E-state index contributed by atoms with van der Waals surface area (Å²) in [7, 11) is 2.01. The van der Waals surface area contributed by atoms with Crippen LogP contribution in [0.25, 0.3) is 11.0 Å². The average Bonchev–Trinajstić information content (AvgIpc) is 2.64. The Kier molecular flexibility index (Phi) is 4.68. The molecule has 1 aromatic heterocycles. The molecule has 0 bridgehead atoms. The molecule has 1 atom stereocenters. The zero-order chi connectivity index (χ0) is 14.9. The van der Waals surface area contributed by atoms with Gasteiger partial charge in [-0.25, -0.2) is 4.98 Å². The van der Waals surface area contributed by atoms with E-state index in [0.717, 1.165) is 16.9 Å². The van der Waals surface area contributed by atoms with E-state index >= 15 is 0 Å². The first kappa shape index (κ1) is 15.3. The van der Waals surface area contributed by atoms with Gasteiger partial charge < -0.3 is 9.67 Å². The molecule has 4 nitrogen and oxygen atoms in total. The summed E-state index contributed by atoms with van der Waals surface area (Å²) in [6.07, 6.45) is -0.346. The Morgan fingerprint density at radius 1 is 1.35 bits per heavy atom. The van der Waals surface area contributed by atoms with Crippen molar-refractivity contribution in [1.29, 1.82) is 0 Å². The Balaban J connectivity index is 2.30. The van der Waals surface area contributed by atoms with Gasteiger partial charge in [0.25, 0.3) is 0 Å². The van der Waals surface area contributed by atoms with E-state index in [1.54, 1.807) is 0 Å². The number of fused-ring (bicyclic) bond motifs is 1. The summed E-state index contributed by atoms with van der Waals surface area (Å²) in [4.78, 5) is 6.87. The molecule has 20 heavy (non-hydrogen) atoms. The summed E-state index contributed by atoms with van der Waals surface area (Å²) in [6.45, 7) is 7.42. The first-order valence-corrected chi connectivity index (χ1v) is 7.29. The Morgan fingerprint density at radius 2 is 2.05 bits per heavy atom. The summed E-state index contributed by atoms with van der Waals surface area (Å²) in [6, 6.07) is 6.11. The molecule has 0 aliphatic heterocycles. The van der Waals surface area contributed by atoms with E-state index in [1.165, 1.54) is 0 Å². The predicted molar refractivity (Wildman–Crippen MR) is 83.0 cm³/mol. The lowest BCUT2D eigenvalue weighted by Gasteiger charge is -2.27. The average molecular weight is 296 g/mol. The summed E-state index contributed by atoms with van der Waals surface area (Å²) in [5, 5.41) is 10.3. The lowest BCUT2D eigenvalue weighted by atomic mass is 10.2. The number of aliphatic hydroxyl groups is 1. The third-order valence-electron chi connectivity index (χ3n) is 3.51. The van der Waals surface area contributed by atoms with Crippen molar-refractivity contribution in [2.75, 3.05) is 6.54 Å². The fourth-order valence-corrected chi connectivity index (χ4v) is 2.51. The minimum absolute atomic E-state index is 0.346. The minimum atomic E-state index is -0.346. The van der Waals surface area contributed by atoms with Crippen molar-refractivity contribution in [2.24, 2.45) is 7.05 Å². The minimum Gasteiger partial charge on any atom is -0.392 e. The van der Waals surface area contributed by atoms with E-state index in [1.807, 2.05) is 32.2 Å². The van der Waals surface area contributed by atoms with Crippen molar-refractivity contribution >= 4 is 22.6 Å². The van der Waals surface area contributed by atoms with Gasteiger partial charge >= 0.3 is 0 Å². The summed E-state index contributed by atoms with van der Waals surface area (Å²) in [5.74, 6) is 0.983. The molecule has 0 spiro atoms. The second kappa shape index (κ2) is 6.12. The zero-order valence-corrected chi connectivity index (χ0v) is 13.2. The first-order chi connectivity index (χ1) is 9.38. The number of aromatic nitrogens is 2. The van der Waals surface area contributed by atoms with Crippen molar-refractivity contribution < 1.29 is 5.11 Å². The SMILES string of the molecule is CC(O)CN(Cc1nc2cc(Cl)ccc2n1C)C(C)C. The van der Waals surface area contributed by atoms with Crippen molar-refractivity contribution in [1.82, 2.24) is 14.5 Å². The van der Waals surface area contributed by atoms with Crippen LogP contribution in [0.3, 0.4) is 0 Å². The van der Waals surface area contributed by atoms with Gasteiger partial charge in [-0.2, -0.15) is 0 Å². The van der Waals surface area contributed by atoms with E-state index in [4.69, 9.17) is 11.6 Å². The topological polar surface area (TPSA) is 41.3 Å². The second-order valence-electron chi connectivity index (χ2n) is 5.59. The van der Waals surface area contributed by atoms with Crippen molar-refractivity contribution in [3.05, 3.63) is 29.0 Å². The largest absolute Gasteiger partial charge is 0.392 e. The molecular weight excluding hydrogens is 274 g/mol. The fourth-order valence-electron chi connectivity index (χ4n) is 2.34. The smallest absolute Gasteiger partial charge is 0.123 e. The highest BCUT2D eigenvalue weighted by Gasteiger charge is 2.16. The molecule has 1 aromatic carbocycles. The Labute approximate surface area is 125 Å². The molecule has 1 N–H and O–H groups in total. The third-order valence-corrected chi connectivity index (χ3v) is 3.74. The number of hydrogen-bond donors (Lipinski definition) is 1. The summed E-state index contributed by atoms with van der Waals surface area (Å²) < 4.78 is 2.09. The molecule has 0 aliphatic rings. The van der Waals surface area contributed by atoms with Crippen molar-refractivity contribution in [3.63, 3.8) is 0 Å². The molecule has 1 unspecified atom stereocenters. The molecule has 2 aromatic rings.